The van der Waals surface area contributed by atoms with Crippen LogP contribution in [0.4, 0.5) is 4.39 Å². The zero-order valence-electron chi connectivity index (χ0n) is 11.0. The molecule has 0 unspecified atom stereocenters. The summed E-state index contributed by atoms with van der Waals surface area (Å²) in [6, 6.07) is 11.9. The van der Waals surface area contributed by atoms with E-state index in [9.17, 15) is 9.18 Å². The molecule has 3 nitrogen and oxygen atoms in total. The van der Waals surface area contributed by atoms with Crippen molar-refractivity contribution in [3.05, 3.63) is 76.1 Å². The molecule has 20 heavy (non-hydrogen) atoms. The number of rotatable bonds is 2. The van der Waals surface area contributed by atoms with Crippen molar-refractivity contribution >= 4 is 10.9 Å². The molecule has 0 aliphatic rings. The van der Waals surface area contributed by atoms with Crippen LogP contribution in [-0.4, -0.2) is 9.55 Å². The molecule has 0 saturated carbocycles. The lowest BCUT2D eigenvalue weighted by molar-refractivity contribution is 0.629. The van der Waals surface area contributed by atoms with E-state index < -0.39 is 5.82 Å². The molecule has 3 aromatic rings. The second-order valence-electron chi connectivity index (χ2n) is 4.77. The van der Waals surface area contributed by atoms with Crippen LogP contribution in [0, 0.1) is 12.7 Å². The lowest BCUT2D eigenvalue weighted by Crippen LogP contribution is -2.21. The zero-order chi connectivity index (χ0) is 14.1. The maximum absolute atomic E-state index is 13.3. The summed E-state index contributed by atoms with van der Waals surface area (Å²) in [5, 5.41) is 0.307. The van der Waals surface area contributed by atoms with Gasteiger partial charge < -0.3 is 0 Å². The van der Waals surface area contributed by atoms with Crippen LogP contribution in [0.1, 0.15) is 11.1 Å². The molecule has 2 aromatic carbocycles. The van der Waals surface area contributed by atoms with Gasteiger partial charge in [0.1, 0.15) is 5.82 Å². The van der Waals surface area contributed by atoms with Crippen LogP contribution in [-0.2, 0) is 6.54 Å². The summed E-state index contributed by atoms with van der Waals surface area (Å²) >= 11 is 0. The maximum Gasteiger partial charge on any atom is 0.261 e. The highest BCUT2D eigenvalue weighted by Gasteiger charge is 2.06. The van der Waals surface area contributed by atoms with Crippen molar-refractivity contribution in [2.45, 2.75) is 13.5 Å². The summed E-state index contributed by atoms with van der Waals surface area (Å²) in [7, 11) is 0. The van der Waals surface area contributed by atoms with Crippen LogP contribution in [0.2, 0.25) is 0 Å². The van der Waals surface area contributed by atoms with Crippen molar-refractivity contribution in [2.24, 2.45) is 0 Å². The average molecular weight is 268 g/mol. The van der Waals surface area contributed by atoms with Gasteiger partial charge in [-0.05, 0) is 36.2 Å². The number of halogens is 1. The van der Waals surface area contributed by atoms with Gasteiger partial charge in [0.15, 0.2) is 0 Å². The Hall–Kier alpha value is -2.49. The van der Waals surface area contributed by atoms with Gasteiger partial charge in [0.25, 0.3) is 5.56 Å². The van der Waals surface area contributed by atoms with Gasteiger partial charge in [0.2, 0.25) is 0 Å². The first-order chi connectivity index (χ1) is 9.65. The summed E-state index contributed by atoms with van der Waals surface area (Å²) < 4.78 is 14.8. The fourth-order valence-corrected chi connectivity index (χ4v) is 2.21. The largest absolute Gasteiger partial charge is 0.294 e. The highest BCUT2D eigenvalue weighted by Crippen LogP contribution is 2.11. The van der Waals surface area contributed by atoms with Gasteiger partial charge in [-0.1, -0.05) is 24.3 Å². The number of nitrogens with zero attached hydrogens (tertiary/aromatic N) is 2. The molecule has 0 fully saturated rings. The maximum atomic E-state index is 13.3. The summed E-state index contributed by atoms with van der Waals surface area (Å²) in [5.74, 6) is -0.426. The second kappa shape index (κ2) is 4.89. The van der Waals surface area contributed by atoms with Gasteiger partial charge in [-0.25, -0.2) is 9.37 Å². The van der Waals surface area contributed by atoms with Crippen LogP contribution in [0.5, 0.6) is 0 Å². The molecule has 1 aromatic heterocycles. The fourth-order valence-electron chi connectivity index (χ4n) is 2.21. The van der Waals surface area contributed by atoms with Crippen LogP contribution >= 0.6 is 0 Å². The van der Waals surface area contributed by atoms with Crippen molar-refractivity contribution in [3.63, 3.8) is 0 Å². The Morgan fingerprint density at radius 3 is 2.80 bits per heavy atom. The minimum absolute atomic E-state index is 0.224. The smallest absolute Gasteiger partial charge is 0.261 e. The Labute approximate surface area is 115 Å². The standard InChI is InChI=1S/C16H13FN2O/c1-11-4-2-3-5-12(11)9-19-10-18-15-7-6-13(17)8-14(15)16(19)20/h2-8,10H,9H2,1H3. The van der Waals surface area contributed by atoms with Gasteiger partial charge in [-0.2, -0.15) is 0 Å². The quantitative estimate of drug-likeness (QED) is 0.716. The molecule has 0 aliphatic heterocycles. The molecule has 0 amide bonds. The van der Waals surface area contributed by atoms with Gasteiger partial charge >= 0.3 is 0 Å². The van der Waals surface area contributed by atoms with E-state index in [1.807, 2.05) is 31.2 Å². The van der Waals surface area contributed by atoms with E-state index in [1.165, 1.54) is 29.1 Å². The number of aromatic nitrogens is 2. The summed E-state index contributed by atoms with van der Waals surface area (Å²) in [6.45, 7) is 2.43. The Morgan fingerprint density at radius 1 is 1.20 bits per heavy atom. The van der Waals surface area contributed by atoms with Crippen molar-refractivity contribution in [1.29, 1.82) is 0 Å². The number of fused-ring (bicyclic) bond motifs is 1. The van der Waals surface area contributed by atoms with Gasteiger partial charge in [0, 0.05) is 0 Å². The molecular weight excluding hydrogens is 255 g/mol. The molecule has 1 heterocycles. The number of benzene rings is 2. The van der Waals surface area contributed by atoms with E-state index in [-0.39, 0.29) is 5.56 Å². The molecule has 4 heteroatoms. The molecule has 0 aliphatic carbocycles. The highest BCUT2D eigenvalue weighted by molar-refractivity contribution is 5.77. The fraction of sp³-hybridized carbons (Fsp3) is 0.125. The van der Waals surface area contributed by atoms with E-state index in [4.69, 9.17) is 0 Å². The Bertz CT molecular complexity index is 839. The minimum atomic E-state index is -0.426. The molecule has 0 atom stereocenters. The lowest BCUT2D eigenvalue weighted by Gasteiger charge is -2.09. The van der Waals surface area contributed by atoms with E-state index >= 15 is 0 Å². The summed E-state index contributed by atoms with van der Waals surface area (Å²) in [6.07, 6.45) is 1.51. The number of hydrogen-bond donors (Lipinski definition) is 0. The summed E-state index contributed by atoms with van der Waals surface area (Å²) in [4.78, 5) is 16.6. The predicted molar refractivity (Wildman–Crippen MR) is 76.2 cm³/mol. The highest BCUT2D eigenvalue weighted by atomic mass is 19.1. The molecule has 0 saturated heterocycles. The predicted octanol–water partition coefficient (Wildman–Crippen LogP) is 2.89. The van der Waals surface area contributed by atoms with E-state index in [0.29, 0.717) is 17.4 Å². The Morgan fingerprint density at radius 2 is 2.00 bits per heavy atom. The minimum Gasteiger partial charge on any atom is -0.294 e. The SMILES string of the molecule is Cc1ccccc1Cn1cnc2ccc(F)cc2c1=O. The second-order valence-corrected chi connectivity index (χ2v) is 4.77. The molecule has 3 rings (SSSR count). The normalized spacial score (nSPS) is 10.9. The third-order valence-electron chi connectivity index (χ3n) is 3.39. The molecule has 0 radical (unpaired) electrons. The summed E-state index contributed by atoms with van der Waals surface area (Å²) in [5.41, 5.74) is 2.45. The van der Waals surface area contributed by atoms with Crippen molar-refractivity contribution < 1.29 is 4.39 Å². The molecule has 0 bridgehead atoms. The number of aryl methyl sites for hydroxylation is 1. The Balaban J connectivity index is 2.11. The zero-order valence-corrected chi connectivity index (χ0v) is 11.0. The first-order valence-corrected chi connectivity index (χ1v) is 6.34. The molecule has 100 valence electrons. The van der Waals surface area contributed by atoms with Gasteiger partial charge in [-0.3, -0.25) is 9.36 Å². The third-order valence-corrected chi connectivity index (χ3v) is 3.39. The average Bonchev–Trinajstić information content (AvgIpc) is 2.45. The Kier molecular flexibility index (Phi) is 3.06. The van der Waals surface area contributed by atoms with E-state index in [2.05, 4.69) is 4.98 Å². The van der Waals surface area contributed by atoms with Crippen LogP contribution < -0.4 is 5.56 Å². The van der Waals surface area contributed by atoms with Crippen molar-refractivity contribution in [2.75, 3.05) is 0 Å². The van der Waals surface area contributed by atoms with E-state index in [1.54, 1.807) is 0 Å². The first kappa shape index (κ1) is 12.5. The first-order valence-electron chi connectivity index (χ1n) is 6.34. The molecule has 0 N–H and O–H groups in total. The third kappa shape index (κ3) is 2.20. The van der Waals surface area contributed by atoms with Gasteiger partial charge in [-0.15, -0.1) is 0 Å². The molecular formula is C16H13FN2O. The van der Waals surface area contributed by atoms with Gasteiger partial charge in [0.05, 0.1) is 23.8 Å². The van der Waals surface area contributed by atoms with Crippen molar-refractivity contribution in [1.82, 2.24) is 9.55 Å². The topological polar surface area (TPSA) is 34.9 Å². The van der Waals surface area contributed by atoms with Crippen LogP contribution in [0.25, 0.3) is 10.9 Å². The van der Waals surface area contributed by atoms with Crippen LogP contribution in [0.15, 0.2) is 53.6 Å². The van der Waals surface area contributed by atoms with Crippen LogP contribution in [0.3, 0.4) is 0 Å². The van der Waals surface area contributed by atoms with E-state index in [0.717, 1.165) is 11.1 Å². The van der Waals surface area contributed by atoms with Crippen molar-refractivity contribution in [3.8, 4) is 0 Å². The number of hydrogen-bond acceptors (Lipinski definition) is 2. The molecule has 0 spiro atoms. The monoisotopic (exact) mass is 268 g/mol. The lowest BCUT2D eigenvalue weighted by atomic mass is 10.1.